The quantitative estimate of drug-likeness (QED) is 0.255. The number of carbonyl (C=O) groups is 1. The van der Waals surface area contributed by atoms with Crippen LogP contribution in [0.3, 0.4) is 0 Å². The lowest BCUT2D eigenvalue weighted by atomic mass is 10.5. The minimum absolute atomic E-state index is 0.267. The summed E-state index contributed by atoms with van der Waals surface area (Å²) >= 11 is 1.24. The molecular formula is C6H12N6OS. The molecule has 1 atom stereocenters. The number of hydrogen-bond donors (Lipinski definition) is 3. The molecule has 0 aliphatic carbocycles. The van der Waals surface area contributed by atoms with Gasteiger partial charge >= 0.3 is 0 Å². The maximum Gasteiger partial charge on any atom is 0.247 e. The van der Waals surface area contributed by atoms with Crippen molar-refractivity contribution >= 4 is 23.6 Å². The van der Waals surface area contributed by atoms with Crippen molar-refractivity contribution in [2.24, 2.45) is 12.9 Å². The zero-order chi connectivity index (χ0) is 10.7. The molecule has 1 amide bonds. The Bertz CT molecular complexity index is 337. The maximum absolute atomic E-state index is 11.1. The fourth-order valence-electron chi connectivity index (χ4n) is 0.758. The van der Waals surface area contributed by atoms with Crippen LogP contribution in [0, 0.1) is 0 Å². The van der Waals surface area contributed by atoms with Gasteiger partial charge in [-0.3, -0.25) is 14.8 Å². The Morgan fingerprint density at radius 3 is 2.71 bits per heavy atom. The summed E-state index contributed by atoms with van der Waals surface area (Å²) < 4.78 is 1.60. The maximum atomic E-state index is 11.1. The SMILES string of the molecule is CC(Sc1nnc(N)n1C)C(=O)NN. The average molecular weight is 216 g/mol. The number of rotatable bonds is 3. The molecule has 0 aromatic carbocycles. The zero-order valence-corrected chi connectivity index (χ0v) is 8.71. The second-order valence-corrected chi connectivity index (χ2v) is 3.98. The lowest BCUT2D eigenvalue weighted by molar-refractivity contribution is -0.120. The number of nitrogens with zero attached hydrogens (tertiary/aromatic N) is 3. The molecule has 1 rings (SSSR count). The number of nitrogens with two attached hydrogens (primary N) is 2. The predicted molar refractivity (Wildman–Crippen MR) is 53.1 cm³/mol. The molecule has 0 spiro atoms. The summed E-state index contributed by atoms with van der Waals surface area (Å²) in [6.45, 7) is 1.72. The molecule has 1 unspecified atom stereocenters. The van der Waals surface area contributed by atoms with Gasteiger partial charge < -0.3 is 5.73 Å². The number of nitrogens with one attached hydrogen (secondary N) is 1. The standard InChI is InChI=1S/C6H12N6OS/c1-3(4(13)9-8)14-6-11-10-5(7)12(6)2/h3H,8H2,1-2H3,(H2,7,10)(H,9,13). The van der Waals surface area contributed by atoms with Gasteiger partial charge in [0.25, 0.3) is 0 Å². The van der Waals surface area contributed by atoms with Gasteiger partial charge in [-0.2, -0.15) is 0 Å². The smallest absolute Gasteiger partial charge is 0.247 e. The molecule has 8 heteroatoms. The lowest BCUT2D eigenvalue weighted by Gasteiger charge is -2.07. The van der Waals surface area contributed by atoms with Gasteiger partial charge in [0.05, 0.1) is 5.25 Å². The minimum Gasteiger partial charge on any atom is -0.368 e. The van der Waals surface area contributed by atoms with E-state index >= 15 is 0 Å². The van der Waals surface area contributed by atoms with Crippen molar-refractivity contribution in [3.63, 3.8) is 0 Å². The van der Waals surface area contributed by atoms with Crippen LogP contribution in [0.25, 0.3) is 0 Å². The van der Waals surface area contributed by atoms with Crippen LogP contribution in [0.4, 0.5) is 5.95 Å². The highest BCUT2D eigenvalue weighted by Crippen LogP contribution is 2.21. The molecule has 0 fully saturated rings. The normalized spacial score (nSPS) is 12.5. The first-order chi connectivity index (χ1) is 6.56. The molecular weight excluding hydrogens is 204 g/mol. The summed E-state index contributed by atoms with van der Waals surface area (Å²) in [6, 6.07) is 0. The molecule has 7 nitrogen and oxygen atoms in total. The Morgan fingerprint density at radius 2 is 2.29 bits per heavy atom. The molecule has 0 radical (unpaired) electrons. The van der Waals surface area contributed by atoms with Crippen LogP contribution in [0.2, 0.25) is 0 Å². The number of thioether (sulfide) groups is 1. The van der Waals surface area contributed by atoms with Crippen LogP contribution < -0.4 is 17.0 Å². The lowest BCUT2D eigenvalue weighted by Crippen LogP contribution is -2.36. The summed E-state index contributed by atoms with van der Waals surface area (Å²) in [5.74, 6) is 5.04. The molecule has 1 aromatic heterocycles. The zero-order valence-electron chi connectivity index (χ0n) is 7.89. The van der Waals surface area contributed by atoms with Crippen molar-refractivity contribution in [3.8, 4) is 0 Å². The Kier molecular flexibility index (Phi) is 3.31. The van der Waals surface area contributed by atoms with E-state index in [2.05, 4.69) is 15.6 Å². The largest absolute Gasteiger partial charge is 0.368 e. The van der Waals surface area contributed by atoms with Gasteiger partial charge in [0, 0.05) is 7.05 Å². The molecule has 78 valence electrons. The number of hydrazine groups is 1. The van der Waals surface area contributed by atoms with E-state index in [9.17, 15) is 4.79 Å². The number of carbonyl (C=O) groups excluding carboxylic acids is 1. The third-order valence-corrected chi connectivity index (χ3v) is 2.80. The van der Waals surface area contributed by atoms with Gasteiger partial charge in [-0.25, -0.2) is 5.84 Å². The van der Waals surface area contributed by atoms with Crippen LogP contribution in [0.15, 0.2) is 5.16 Å². The summed E-state index contributed by atoms with van der Waals surface area (Å²) in [4.78, 5) is 11.1. The fourth-order valence-corrected chi connectivity index (χ4v) is 1.59. The van der Waals surface area contributed by atoms with Crippen LogP contribution in [0.1, 0.15) is 6.92 Å². The van der Waals surface area contributed by atoms with Crippen LogP contribution in [-0.2, 0) is 11.8 Å². The van der Waals surface area contributed by atoms with E-state index in [0.29, 0.717) is 11.1 Å². The van der Waals surface area contributed by atoms with Crippen molar-refractivity contribution in [2.45, 2.75) is 17.3 Å². The summed E-state index contributed by atoms with van der Waals surface area (Å²) in [6.07, 6.45) is 0. The molecule has 0 saturated heterocycles. The van der Waals surface area contributed by atoms with Crippen LogP contribution in [0.5, 0.6) is 0 Å². The topological polar surface area (TPSA) is 112 Å². The van der Waals surface area contributed by atoms with E-state index in [-0.39, 0.29) is 11.2 Å². The van der Waals surface area contributed by atoms with E-state index in [1.807, 2.05) is 0 Å². The Morgan fingerprint density at radius 1 is 1.64 bits per heavy atom. The highest BCUT2D eigenvalue weighted by Gasteiger charge is 2.16. The van der Waals surface area contributed by atoms with Crippen molar-refractivity contribution in [3.05, 3.63) is 0 Å². The van der Waals surface area contributed by atoms with E-state index in [4.69, 9.17) is 11.6 Å². The van der Waals surface area contributed by atoms with Crippen LogP contribution in [-0.4, -0.2) is 25.9 Å². The van der Waals surface area contributed by atoms with Gasteiger partial charge in [0.1, 0.15) is 0 Å². The number of nitrogen functional groups attached to an aromatic ring is 1. The molecule has 0 bridgehead atoms. The Labute approximate surface area is 85.2 Å². The van der Waals surface area contributed by atoms with Gasteiger partial charge in [-0.1, -0.05) is 11.8 Å². The second-order valence-electron chi connectivity index (χ2n) is 2.67. The van der Waals surface area contributed by atoms with Gasteiger partial charge in [0.15, 0.2) is 5.16 Å². The number of hydrogen-bond acceptors (Lipinski definition) is 6. The van der Waals surface area contributed by atoms with Crippen molar-refractivity contribution < 1.29 is 4.79 Å². The molecule has 0 aliphatic rings. The molecule has 0 aliphatic heterocycles. The molecule has 5 N–H and O–H groups in total. The highest BCUT2D eigenvalue weighted by molar-refractivity contribution is 8.00. The predicted octanol–water partition coefficient (Wildman–Crippen LogP) is -1.13. The second kappa shape index (κ2) is 4.29. The summed E-state index contributed by atoms with van der Waals surface area (Å²) in [5.41, 5.74) is 7.54. The van der Waals surface area contributed by atoms with Crippen molar-refractivity contribution in [1.82, 2.24) is 20.2 Å². The summed E-state index contributed by atoms with van der Waals surface area (Å²) in [5, 5.41) is 7.71. The first kappa shape index (κ1) is 10.8. The number of aromatic nitrogens is 3. The fraction of sp³-hybridized carbons (Fsp3) is 0.500. The molecule has 1 aromatic rings. The number of amides is 1. The number of anilines is 1. The third-order valence-electron chi connectivity index (χ3n) is 1.66. The van der Waals surface area contributed by atoms with Crippen molar-refractivity contribution in [2.75, 3.05) is 5.73 Å². The Hall–Kier alpha value is -1.28. The van der Waals surface area contributed by atoms with E-state index < -0.39 is 0 Å². The van der Waals surface area contributed by atoms with Crippen LogP contribution >= 0.6 is 11.8 Å². The molecule has 14 heavy (non-hydrogen) atoms. The average Bonchev–Trinajstić information content (AvgIpc) is 2.48. The molecule has 1 heterocycles. The van der Waals surface area contributed by atoms with E-state index in [1.165, 1.54) is 11.8 Å². The van der Waals surface area contributed by atoms with E-state index in [1.54, 1.807) is 18.5 Å². The van der Waals surface area contributed by atoms with Crippen molar-refractivity contribution in [1.29, 1.82) is 0 Å². The summed E-state index contributed by atoms with van der Waals surface area (Å²) in [7, 11) is 1.73. The van der Waals surface area contributed by atoms with Gasteiger partial charge in [-0.05, 0) is 6.92 Å². The highest BCUT2D eigenvalue weighted by atomic mass is 32.2. The minimum atomic E-state index is -0.331. The monoisotopic (exact) mass is 216 g/mol. The van der Waals surface area contributed by atoms with E-state index in [0.717, 1.165) is 0 Å². The van der Waals surface area contributed by atoms with Gasteiger partial charge in [0.2, 0.25) is 11.9 Å². The Balaban J connectivity index is 2.69. The molecule has 0 saturated carbocycles. The third kappa shape index (κ3) is 2.15. The van der Waals surface area contributed by atoms with Gasteiger partial charge in [-0.15, -0.1) is 10.2 Å². The first-order valence-electron chi connectivity index (χ1n) is 3.88. The first-order valence-corrected chi connectivity index (χ1v) is 4.76.